The quantitative estimate of drug-likeness (QED) is 0.796. The summed E-state index contributed by atoms with van der Waals surface area (Å²) in [5.41, 5.74) is 0.801. The van der Waals surface area contributed by atoms with Gasteiger partial charge in [0.1, 0.15) is 5.75 Å². The summed E-state index contributed by atoms with van der Waals surface area (Å²) in [6, 6.07) is 3.26. The molecule has 1 heterocycles. The number of carbonyl (C=O) groups is 1. The van der Waals surface area contributed by atoms with Crippen LogP contribution in [0.4, 0.5) is 4.79 Å². The second-order valence-electron chi connectivity index (χ2n) is 5.69. The molecule has 7 heteroatoms. The highest BCUT2D eigenvalue weighted by molar-refractivity contribution is 5.74. The highest BCUT2D eigenvalue weighted by Gasteiger charge is 2.23. The smallest absolute Gasteiger partial charge is 0.315 e. The van der Waals surface area contributed by atoms with Gasteiger partial charge in [-0.3, -0.25) is 0 Å². The Morgan fingerprint density at radius 1 is 1.21 bits per heavy atom. The number of urea groups is 1. The van der Waals surface area contributed by atoms with Crippen LogP contribution < -0.4 is 24.8 Å². The summed E-state index contributed by atoms with van der Waals surface area (Å²) in [4.78, 5) is 12.1. The van der Waals surface area contributed by atoms with Crippen molar-refractivity contribution < 1.29 is 23.7 Å². The fourth-order valence-corrected chi connectivity index (χ4v) is 2.75. The van der Waals surface area contributed by atoms with E-state index >= 15 is 0 Å². The summed E-state index contributed by atoms with van der Waals surface area (Å²) in [5, 5.41) is 5.74. The molecule has 0 radical (unpaired) electrons. The third-order valence-electron chi connectivity index (χ3n) is 4.11. The van der Waals surface area contributed by atoms with E-state index in [9.17, 15) is 4.79 Å². The lowest BCUT2D eigenvalue weighted by molar-refractivity contribution is 0.0860. The fraction of sp³-hybridized carbons (Fsp3) is 0.588. The molecule has 7 nitrogen and oxygen atoms in total. The van der Waals surface area contributed by atoms with Crippen LogP contribution in [0.2, 0.25) is 0 Å². The average Bonchev–Trinajstić information content (AvgIpc) is 3.13. The van der Waals surface area contributed by atoms with Crippen LogP contribution in [0.25, 0.3) is 0 Å². The SMILES string of the molecule is COc1cc(OC)c(OC)cc1CNC(=O)NC(C)C1CCCO1. The predicted octanol–water partition coefficient (Wildman–Crippen LogP) is 2.08. The molecule has 2 N–H and O–H groups in total. The molecule has 1 aromatic rings. The third-order valence-corrected chi connectivity index (χ3v) is 4.11. The van der Waals surface area contributed by atoms with E-state index in [0.717, 1.165) is 25.0 Å². The summed E-state index contributed by atoms with van der Waals surface area (Å²) in [6.07, 6.45) is 2.11. The van der Waals surface area contributed by atoms with E-state index < -0.39 is 0 Å². The number of hydrogen-bond acceptors (Lipinski definition) is 5. The Morgan fingerprint density at radius 2 is 1.88 bits per heavy atom. The minimum atomic E-state index is -0.241. The number of nitrogens with one attached hydrogen (secondary N) is 2. The molecule has 1 saturated heterocycles. The van der Waals surface area contributed by atoms with Crippen molar-refractivity contribution in [2.24, 2.45) is 0 Å². The van der Waals surface area contributed by atoms with Crippen LogP contribution in [0.1, 0.15) is 25.3 Å². The van der Waals surface area contributed by atoms with Crippen LogP contribution in [0, 0.1) is 0 Å². The maximum Gasteiger partial charge on any atom is 0.315 e. The monoisotopic (exact) mass is 338 g/mol. The van der Waals surface area contributed by atoms with Gasteiger partial charge in [-0.1, -0.05) is 0 Å². The Kier molecular flexibility index (Phi) is 6.54. The number of methoxy groups -OCH3 is 3. The first-order valence-electron chi connectivity index (χ1n) is 8.04. The number of hydrogen-bond donors (Lipinski definition) is 2. The molecule has 2 amide bonds. The normalized spacial score (nSPS) is 17.9. The molecule has 24 heavy (non-hydrogen) atoms. The van der Waals surface area contributed by atoms with E-state index in [4.69, 9.17) is 18.9 Å². The lowest BCUT2D eigenvalue weighted by Crippen LogP contribution is -2.45. The predicted molar refractivity (Wildman–Crippen MR) is 89.9 cm³/mol. The van der Waals surface area contributed by atoms with E-state index in [1.807, 2.05) is 6.92 Å². The molecule has 0 saturated carbocycles. The standard InChI is InChI=1S/C17H26N2O5/c1-11(13-6-5-7-24-13)19-17(20)18-10-12-8-15(22-3)16(23-4)9-14(12)21-2/h8-9,11,13H,5-7,10H2,1-4H3,(H2,18,19,20). The van der Waals surface area contributed by atoms with Crippen molar-refractivity contribution in [1.82, 2.24) is 10.6 Å². The molecule has 0 bridgehead atoms. The molecule has 1 aromatic carbocycles. The van der Waals surface area contributed by atoms with Gasteiger partial charge >= 0.3 is 6.03 Å². The first-order chi connectivity index (χ1) is 11.6. The molecular formula is C17H26N2O5. The van der Waals surface area contributed by atoms with Crippen molar-refractivity contribution in [2.45, 2.75) is 38.5 Å². The number of rotatable bonds is 7. The topological polar surface area (TPSA) is 78.0 Å². The summed E-state index contributed by atoms with van der Waals surface area (Å²) >= 11 is 0. The van der Waals surface area contributed by atoms with Gasteiger partial charge in [-0.05, 0) is 25.8 Å². The summed E-state index contributed by atoms with van der Waals surface area (Å²) in [5.74, 6) is 1.79. The molecule has 2 rings (SSSR count). The minimum absolute atomic E-state index is 0.0280. The highest BCUT2D eigenvalue weighted by atomic mass is 16.5. The second-order valence-corrected chi connectivity index (χ2v) is 5.69. The van der Waals surface area contributed by atoms with Crippen molar-refractivity contribution in [2.75, 3.05) is 27.9 Å². The van der Waals surface area contributed by atoms with Gasteiger partial charge in [-0.25, -0.2) is 4.79 Å². The first kappa shape index (κ1) is 18.2. The molecule has 1 fully saturated rings. The van der Waals surface area contributed by atoms with E-state index in [-0.39, 0.29) is 18.2 Å². The molecule has 0 aromatic heterocycles. The maximum atomic E-state index is 12.1. The Morgan fingerprint density at radius 3 is 2.46 bits per heavy atom. The van der Waals surface area contributed by atoms with Crippen LogP contribution in [-0.2, 0) is 11.3 Å². The average molecular weight is 338 g/mol. The second kappa shape index (κ2) is 8.63. The zero-order valence-electron chi connectivity index (χ0n) is 14.7. The van der Waals surface area contributed by atoms with Gasteiger partial charge in [0, 0.05) is 24.8 Å². The van der Waals surface area contributed by atoms with Crippen molar-refractivity contribution >= 4 is 6.03 Å². The van der Waals surface area contributed by atoms with Gasteiger partial charge in [-0.2, -0.15) is 0 Å². The van der Waals surface area contributed by atoms with Crippen molar-refractivity contribution in [1.29, 1.82) is 0 Å². The molecule has 2 unspecified atom stereocenters. The van der Waals surface area contributed by atoms with Gasteiger partial charge in [-0.15, -0.1) is 0 Å². The molecule has 0 aliphatic carbocycles. The van der Waals surface area contributed by atoms with Gasteiger partial charge < -0.3 is 29.6 Å². The number of amides is 2. The van der Waals surface area contributed by atoms with Crippen LogP contribution >= 0.6 is 0 Å². The first-order valence-corrected chi connectivity index (χ1v) is 8.04. The minimum Gasteiger partial charge on any atom is -0.496 e. The van der Waals surface area contributed by atoms with E-state index in [1.54, 1.807) is 33.5 Å². The Hall–Kier alpha value is -2.15. The van der Waals surface area contributed by atoms with Crippen LogP contribution in [0.5, 0.6) is 17.2 Å². The molecule has 134 valence electrons. The number of ether oxygens (including phenoxy) is 4. The van der Waals surface area contributed by atoms with Crippen molar-refractivity contribution in [3.63, 3.8) is 0 Å². The Bertz CT molecular complexity index is 558. The van der Waals surface area contributed by atoms with Crippen molar-refractivity contribution in [3.8, 4) is 17.2 Å². The Labute approximate surface area is 142 Å². The summed E-state index contributed by atoms with van der Waals surface area (Å²) in [6.45, 7) is 3.03. The highest BCUT2D eigenvalue weighted by Crippen LogP contribution is 2.34. The maximum absolute atomic E-state index is 12.1. The number of carbonyl (C=O) groups excluding carboxylic acids is 1. The summed E-state index contributed by atoms with van der Waals surface area (Å²) in [7, 11) is 4.71. The largest absolute Gasteiger partial charge is 0.496 e. The molecule has 1 aliphatic heterocycles. The van der Waals surface area contributed by atoms with E-state index in [2.05, 4.69) is 10.6 Å². The van der Waals surface area contributed by atoms with Crippen LogP contribution in [0.3, 0.4) is 0 Å². The van der Waals surface area contributed by atoms with Gasteiger partial charge in [0.05, 0.1) is 33.5 Å². The zero-order valence-corrected chi connectivity index (χ0v) is 14.7. The summed E-state index contributed by atoms with van der Waals surface area (Å²) < 4.78 is 21.5. The molecule has 2 atom stereocenters. The Balaban J connectivity index is 1.96. The van der Waals surface area contributed by atoms with E-state index in [0.29, 0.717) is 23.8 Å². The van der Waals surface area contributed by atoms with Crippen LogP contribution in [0.15, 0.2) is 12.1 Å². The van der Waals surface area contributed by atoms with Gasteiger partial charge in [0.2, 0.25) is 0 Å². The molecule has 1 aliphatic rings. The molecular weight excluding hydrogens is 312 g/mol. The van der Waals surface area contributed by atoms with Gasteiger partial charge in [0.25, 0.3) is 0 Å². The lowest BCUT2D eigenvalue weighted by atomic mass is 10.1. The zero-order chi connectivity index (χ0) is 17.5. The molecule has 0 spiro atoms. The third kappa shape index (κ3) is 4.44. The van der Waals surface area contributed by atoms with Crippen LogP contribution in [-0.4, -0.2) is 46.1 Å². The van der Waals surface area contributed by atoms with E-state index in [1.165, 1.54) is 0 Å². The fourth-order valence-electron chi connectivity index (χ4n) is 2.75. The number of benzene rings is 1. The van der Waals surface area contributed by atoms with Gasteiger partial charge in [0.15, 0.2) is 11.5 Å². The lowest BCUT2D eigenvalue weighted by Gasteiger charge is -2.20. The van der Waals surface area contributed by atoms with Crippen molar-refractivity contribution in [3.05, 3.63) is 17.7 Å².